The maximum absolute atomic E-state index is 12.6. The zero-order valence-electron chi connectivity index (χ0n) is 20.8. The van der Waals surface area contributed by atoms with Gasteiger partial charge in [-0.15, -0.1) is 12.4 Å². The molecule has 8 nitrogen and oxygen atoms in total. The number of benzene rings is 3. The van der Waals surface area contributed by atoms with Gasteiger partial charge in [-0.25, -0.2) is 17.7 Å². The van der Waals surface area contributed by atoms with E-state index in [2.05, 4.69) is 10.6 Å². The predicted octanol–water partition coefficient (Wildman–Crippen LogP) is 5.99. The average Bonchev–Trinajstić information content (AvgIpc) is 2.82. The van der Waals surface area contributed by atoms with Crippen molar-refractivity contribution in [2.75, 3.05) is 21.2 Å². The largest absolute Gasteiger partial charge is 0.354 e. The second-order valence-electron chi connectivity index (χ2n) is 8.61. The Bertz CT molecular complexity index is 1560. The Balaban J connectivity index is 0.00000380. The molecule has 0 saturated carbocycles. The lowest BCUT2D eigenvalue weighted by Gasteiger charge is -2.21. The highest BCUT2D eigenvalue weighted by atomic mass is 35.5. The number of carbonyl (C=O) groups excluding carboxylic acids is 2. The van der Waals surface area contributed by atoms with Crippen LogP contribution in [0.5, 0.6) is 0 Å². The van der Waals surface area contributed by atoms with Crippen LogP contribution < -0.4 is 14.9 Å². The quantitative estimate of drug-likeness (QED) is 0.265. The van der Waals surface area contributed by atoms with Gasteiger partial charge in [0, 0.05) is 35.5 Å². The molecule has 0 bridgehead atoms. The van der Waals surface area contributed by atoms with Crippen molar-refractivity contribution in [3.63, 3.8) is 0 Å². The van der Waals surface area contributed by atoms with Crippen molar-refractivity contribution >= 4 is 78.8 Å². The van der Waals surface area contributed by atoms with E-state index in [1.807, 2.05) is 49.4 Å². The van der Waals surface area contributed by atoms with Gasteiger partial charge in [-0.1, -0.05) is 31.5 Å². The summed E-state index contributed by atoms with van der Waals surface area (Å²) in [6.45, 7) is 3.41. The van der Waals surface area contributed by atoms with Gasteiger partial charge in [0.15, 0.2) is 0 Å². The van der Waals surface area contributed by atoms with E-state index in [4.69, 9.17) is 4.98 Å². The van der Waals surface area contributed by atoms with Gasteiger partial charge in [0.25, 0.3) is 0 Å². The van der Waals surface area contributed by atoms with Crippen LogP contribution in [0.1, 0.15) is 33.1 Å². The summed E-state index contributed by atoms with van der Waals surface area (Å²) in [5, 5.41) is 7.99. The zero-order chi connectivity index (χ0) is 25.9. The van der Waals surface area contributed by atoms with Crippen molar-refractivity contribution in [2.45, 2.75) is 33.1 Å². The van der Waals surface area contributed by atoms with Crippen LogP contribution in [0, 0.1) is 0 Å². The van der Waals surface area contributed by atoms with Crippen LogP contribution in [0.3, 0.4) is 0 Å². The van der Waals surface area contributed by atoms with Crippen LogP contribution in [-0.2, 0) is 19.6 Å². The molecular formula is C27H29ClN4O4S. The first-order chi connectivity index (χ1) is 17.2. The summed E-state index contributed by atoms with van der Waals surface area (Å²) < 4.78 is 25.6. The van der Waals surface area contributed by atoms with E-state index in [1.54, 1.807) is 24.3 Å². The van der Waals surface area contributed by atoms with Crippen molar-refractivity contribution in [3.8, 4) is 0 Å². The number of nitrogens with one attached hydrogen (secondary N) is 2. The second kappa shape index (κ2) is 11.6. The molecule has 4 rings (SSSR count). The maximum Gasteiger partial charge on any atom is 0.240 e. The summed E-state index contributed by atoms with van der Waals surface area (Å²) in [5.74, 6) is -0.606. The summed E-state index contributed by atoms with van der Waals surface area (Å²) in [4.78, 5) is 28.9. The van der Waals surface area contributed by atoms with Gasteiger partial charge in [0.05, 0.1) is 28.7 Å². The molecule has 0 spiro atoms. The minimum Gasteiger partial charge on any atom is -0.354 e. The highest BCUT2D eigenvalue weighted by Crippen LogP contribution is 2.35. The lowest BCUT2D eigenvalue weighted by molar-refractivity contribution is -0.117. The number of pyridine rings is 1. The Kier molecular flexibility index (Phi) is 8.73. The Morgan fingerprint density at radius 1 is 0.919 bits per heavy atom. The van der Waals surface area contributed by atoms with Crippen LogP contribution in [-0.4, -0.2) is 31.5 Å². The summed E-state index contributed by atoms with van der Waals surface area (Å²) in [6.07, 6.45) is 2.62. The molecule has 4 aromatic rings. The number of hydrogen-bond donors (Lipinski definition) is 2. The minimum atomic E-state index is -3.76. The zero-order valence-corrected chi connectivity index (χ0v) is 22.4. The molecular weight excluding hydrogens is 512 g/mol. The normalized spacial score (nSPS) is 11.1. The summed E-state index contributed by atoms with van der Waals surface area (Å²) in [7, 11) is -3.76. The lowest BCUT2D eigenvalue weighted by Crippen LogP contribution is -2.35. The predicted molar refractivity (Wildman–Crippen MR) is 152 cm³/mol. The van der Waals surface area contributed by atoms with Crippen molar-refractivity contribution in [1.29, 1.82) is 0 Å². The molecule has 10 heteroatoms. The number of sulfonamides is 1. The van der Waals surface area contributed by atoms with E-state index >= 15 is 0 Å². The first-order valence-electron chi connectivity index (χ1n) is 11.7. The summed E-state index contributed by atoms with van der Waals surface area (Å²) in [6, 6.07) is 20.0. The van der Waals surface area contributed by atoms with Crippen LogP contribution in [0.4, 0.5) is 22.7 Å². The standard InChI is InChI=1S/C27H28N4O4S.ClH/c1-4-5-10-26(33)31(36(3,34)35)21-14-11-19(12-15-21)29-27-22-8-6-7-9-24(22)30-25-17-20(28-18(2)32)13-16-23(25)27;/h6-9,11-17H,4-5,10H2,1-3H3,(H,28,32)(H,29,30);1H. The van der Waals surface area contributed by atoms with Crippen molar-refractivity contribution < 1.29 is 18.0 Å². The molecule has 0 unspecified atom stereocenters. The number of anilines is 4. The molecule has 0 aliphatic heterocycles. The van der Waals surface area contributed by atoms with Crippen LogP contribution in [0.15, 0.2) is 66.7 Å². The van der Waals surface area contributed by atoms with Gasteiger partial charge in [-0.2, -0.15) is 0 Å². The number of halogens is 1. The fourth-order valence-electron chi connectivity index (χ4n) is 4.08. The molecule has 0 saturated heterocycles. The molecule has 1 aromatic heterocycles. The van der Waals surface area contributed by atoms with E-state index < -0.39 is 15.9 Å². The molecule has 1 heterocycles. The molecule has 0 aliphatic carbocycles. The highest BCUT2D eigenvalue weighted by molar-refractivity contribution is 7.92. The third-order valence-corrected chi connectivity index (χ3v) is 6.75. The fraction of sp³-hybridized carbons (Fsp3) is 0.222. The molecule has 0 radical (unpaired) electrons. The van der Waals surface area contributed by atoms with Crippen molar-refractivity contribution in [3.05, 3.63) is 66.7 Å². The second-order valence-corrected chi connectivity index (χ2v) is 10.4. The Morgan fingerprint density at radius 3 is 2.22 bits per heavy atom. The number of nitrogens with zero attached hydrogens (tertiary/aromatic N) is 2. The highest BCUT2D eigenvalue weighted by Gasteiger charge is 2.24. The first-order valence-corrected chi connectivity index (χ1v) is 13.5. The third kappa shape index (κ3) is 6.36. The van der Waals surface area contributed by atoms with Gasteiger partial charge in [0.1, 0.15) is 0 Å². The maximum atomic E-state index is 12.6. The number of para-hydroxylation sites is 1. The van der Waals surface area contributed by atoms with Gasteiger partial charge in [0.2, 0.25) is 21.8 Å². The number of hydrogen-bond acceptors (Lipinski definition) is 6. The molecule has 0 atom stereocenters. The molecule has 37 heavy (non-hydrogen) atoms. The molecule has 2 amide bonds. The molecule has 0 fully saturated rings. The number of amides is 2. The van der Waals surface area contributed by atoms with E-state index in [0.717, 1.165) is 44.6 Å². The van der Waals surface area contributed by atoms with E-state index in [9.17, 15) is 18.0 Å². The van der Waals surface area contributed by atoms with Crippen molar-refractivity contribution in [2.24, 2.45) is 0 Å². The van der Waals surface area contributed by atoms with Gasteiger partial charge >= 0.3 is 0 Å². The van der Waals surface area contributed by atoms with Gasteiger partial charge < -0.3 is 10.6 Å². The van der Waals surface area contributed by atoms with Crippen LogP contribution in [0.2, 0.25) is 0 Å². The Hall–Kier alpha value is -3.69. The summed E-state index contributed by atoms with van der Waals surface area (Å²) in [5.41, 5.74) is 4.00. The third-order valence-electron chi connectivity index (χ3n) is 5.68. The molecule has 2 N–H and O–H groups in total. The Morgan fingerprint density at radius 2 is 1.57 bits per heavy atom. The monoisotopic (exact) mass is 540 g/mol. The van der Waals surface area contributed by atoms with Crippen LogP contribution >= 0.6 is 12.4 Å². The van der Waals surface area contributed by atoms with E-state index in [1.165, 1.54) is 6.92 Å². The number of fused-ring (bicyclic) bond motifs is 2. The number of rotatable bonds is 8. The van der Waals surface area contributed by atoms with E-state index in [-0.39, 0.29) is 24.7 Å². The van der Waals surface area contributed by atoms with E-state index in [0.29, 0.717) is 23.3 Å². The number of unbranched alkanes of at least 4 members (excludes halogenated alkanes) is 1. The Labute approximate surface area is 222 Å². The first kappa shape index (κ1) is 27.9. The topological polar surface area (TPSA) is 108 Å². The summed E-state index contributed by atoms with van der Waals surface area (Å²) >= 11 is 0. The number of aromatic nitrogens is 1. The van der Waals surface area contributed by atoms with Gasteiger partial charge in [-0.05, 0) is 55.0 Å². The average molecular weight is 541 g/mol. The van der Waals surface area contributed by atoms with Gasteiger partial charge in [-0.3, -0.25) is 9.59 Å². The SMILES string of the molecule is CCCCC(=O)N(c1ccc(Nc2c3ccccc3nc3cc(NC(C)=O)ccc23)cc1)S(C)(=O)=O.Cl. The smallest absolute Gasteiger partial charge is 0.240 e. The molecule has 194 valence electrons. The molecule has 0 aliphatic rings. The minimum absolute atomic E-state index is 0. The van der Waals surface area contributed by atoms with Crippen LogP contribution in [0.25, 0.3) is 21.8 Å². The molecule has 3 aromatic carbocycles. The lowest BCUT2D eigenvalue weighted by atomic mass is 10.1. The fourth-order valence-corrected chi connectivity index (χ4v) is 5.05. The van der Waals surface area contributed by atoms with Crippen molar-refractivity contribution in [1.82, 2.24) is 4.98 Å². The number of carbonyl (C=O) groups is 2.